The van der Waals surface area contributed by atoms with Crippen molar-refractivity contribution >= 4 is 5.91 Å². The molecule has 3 rings (SSSR count). The zero-order valence-electron chi connectivity index (χ0n) is 12.7. The van der Waals surface area contributed by atoms with E-state index in [1.165, 1.54) is 31.3 Å². The van der Waals surface area contributed by atoms with Gasteiger partial charge >= 0.3 is 0 Å². The highest BCUT2D eigenvalue weighted by molar-refractivity contribution is 5.93. The fourth-order valence-electron chi connectivity index (χ4n) is 2.82. The summed E-state index contributed by atoms with van der Waals surface area (Å²) in [5.41, 5.74) is 2.99. The molecule has 0 radical (unpaired) electrons. The molecule has 0 bridgehead atoms. The molecule has 1 heterocycles. The molecular formula is C18H21N3O. The Kier molecular flexibility index (Phi) is 4.68. The van der Waals surface area contributed by atoms with Gasteiger partial charge in [-0.25, -0.2) is 4.98 Å². The zero-order valence-corrected chi connectivity index (χ0v) is 12.7. The van der Waals surface area contributed by atoms with Crippen LogP contribution in [0.2, 0.25) is 0 Å². The number of aromatic nitrogens is 2. The van der Waals surface area contributed by atoms with Crippen molar-refractivity contribution in [2.75, 3.05) is 6.54 Å². The Morgan fingerprint density at radius 2 is 2.09 bits per heavy atom. The Morgan fingerprint density at radius 3 is 2.86 bits per heavy atom. The van der Waals surface area contributed by atoms with E-state index in [0.29, 0.717) is 12.2 Å². The maximum absolute atomic E-state index is 12.4. The lowest BCUT2D eigenvalue weighted by Crippen LogP contribution is -2.26. The number of nitrogens with one attached hydrogen (secondary N) is 1. The molecule has 0 atom stereocenters. The van der Waals surface area contributed by atoms with E-state index < -0.39 is 0 Å². The van der Waals surface area contributed by atoms with Crippen molar-refractivity contribution in [1.82, 2.24) is 14.9 Å². The summed E-state index contributed by atoms with van der Waals surface area (Å²) in [6.07, 6.45) is 11.5. The van der Waals surface area contributed by atoms with Crippen LogP contribution in [0.3, 0.4) is 0 Å². The second kappa shape index (κ2) is 7.07. The predicted octanol–water partition coefficient (Wildman–Crippen LogP) is 3.49. The molecule has 1 aromatic heterocycles. The van der Waals surface area contributed by atoms with Crippen molar-refractivity contribution in [2.24, 2.45) is 0 Å². The lowest BCUT2D eigenvalue weighted by atomic mass is 9.97. The number of nitrogens with zero attached hydrogens (tertiary/aromatic N) is 2. The fourth-order valence-corrected chi connectivity index (χ4v) is 2.82. The molecule has 1 aliphatic rings. The number of para-hydroxylation sites is 1. The summed E-state index contributed by atoms with van der Waals surface area (Å²) in [6, 6.07) is 9.79. The molecule has 1 amide bonds. The molecule has 0 unspecified atom stereocenters. The first kappa shape index (κ1) is 14.6. The molecule has 0 saturated heterocycles. The molecule has 0 spiro atoms. The lowest BCUT2D eigenvalue weighted by Gasteiger charge is -2.13. The standard InChI is InChI=1S/C18H21N3O/c22-18(20-12-11-15-7-3-1-4-8-15)17-13-19-14-21(17)16-9-5-2-6-10-16/h2,5-7,9-10,13-14H,1,3-4,8,11-12H2,(H,20,22). The van der Waals surface area contributed by atoms with E-state index in [0.717, 1.165) is 12.1 Å². The van der Waals surface area contributed by atoms with Crippen LogP contribution < -0.4 is 5.32 Å². The van der Waals surface area contributed by atoms with Gasteiger partial charge in [0.25, 0.3) is 5.91 Å². The first-order valence-corrected chi connectivity index (χ1v) is 7.88. The number of rotatable bonds is 5. The van der Waals surface area contributed by atoms with Gasteiger partial charge < -0.3 is 5.32 Å². The van der Waals surface area contributed by atoms with Crippen LogP contribution in [-0.2, 0) is 0 Å². The third kappa shape index (κ3) is 3.45. The zero-order chi connectivity index (χ0) is 15.2. The molecule has 2 aromatic rings. The number of amides is 1. The van der Waals surface area contributed by atoms with Crippen LogP contribution in [0.25, 0.3) is 5.69 Å². The number of benzene rings is 1. The van der Waals surface area contributed by atoms with Gasteiger partial charge in [-0.1, -0.05) is 29.8 Å². The molecule has 114 valence electrons. The Morgan fingerprint density at radius 1 is 1.23 bits per heavy atom. The van der Waals surface area contributed by atoms with Crippen molar-refractivity contribution in [3.63, 3.8) is 0 Å². The van der Waals surface area contributed by atoms with Gasteiger partial charge in [0.05, 0.1) is 12.5 Å². The summed E-state index contributed by atoms with van der Waals surface area (Å²) in [4.78, 5) is 16.5. The van der Waals surface area contributed by atoms with Gasteiger partial charge in [0.15, 0.2) is 0 Å². The summed E-state index contributed by atoms with van der Waals surface area (Å²) < 4.78 is 1.81. The summed E-state index contributed by atoms with van der Waals surface area (Å²) in [6.45, 7) is 0.685. The van der Waals surface area contributed by atoms with Crippen LogP contribution in [0.5, 0.6) is 0 Å². The molecule has 1 N–H and O–H groups in total. The van der Waals surface area contributed by atoms with E-state index in [1.807, 2.05) is 34.9 Å². The molecular weight excluding hydrogens is 274 g/mol. The minimum Gasteiger partial charge on any atom is -0.350 e. The van der Waals surface area contributed by atoms with Crippen LogP contribution in [-0.4, -0.2) is 22.0 Å². The molecule has 4 nitrogen and oxygen atoms in total. The van der Waals surface area contributed by atoms with Crippen molar-refractivity contribution in [2.45, 2.75) is 32.1 Å². The van der Waals surface area contributed by atoms with E-state index >= 15 is 0 Å². The summed E-state index contributed by atoms with van der Waals surface area (Å²) in [5, 5.41) is 3.00. The van der Waals surface area contributed by atoms with E-state index in [4.69, 9.17) is 0 Å². The third-order valence-electron chi connectivity index (χ3n) is 4.02. The first-order chi connectivity index (χ1) is 10.8. The number of carbonyl (C=O) groups is 1. The van der Waals surface area contributed by atoms with Crippen molar-refractivity contribution in [3.05, 3.63) is 60.2 Å². The Labute approximate surface area is 130 Å². The number of hydrogen-bond acceptors (Lipinski definition) is 2. The maximum Gasteiger partial charge on any atom is 0.269 e. The van der Waals surface area contributed by atoms with Crippen LogP contribution in [0, 0.1) is 0 Å². The maximum atomic E-state index is 12.4. The predicted molar refractivity (Wildman–Crippen MR) is 87.1 cm³/mol. The lowest BCUT2D eigenvalue weighted by molar-refractivity contribution is 0.0947. The summed E-state index contributed by atoms with van der Waals surface area (Å²) in [7, 11) is 0. The fraction of sp³-hybridized carbons (Fsp3) is 0.333. The highest BCUT2D eigenvalue weighted by atomic mass is 16.1. The summed E-state index contributed by atoms with van der Waals surface area (Å²) in [5.74, 6) is -0.0715. The second-order valence-corrected chi connectivity index (χ2v) is 5.60. The minimum absolute atomic E-state index is 0.0715. The number of allylic oxidation sites excluding steroid dienone is 1. The van der Waals surface area contributed by atoms with Crippen molar-refractivity contribution < 1.29 is 4.79 Å². The highest BCUT2D eigenvalue weighted by Crippen LogP contribution is 2.19. The smallest absolute Gasteiger partial charge is 0.269 e. The van der Waals surface area contributed by atoms with Gasteiger partial charge in [0.2, 0.25) is 0 Å². The largest absolute Gasteiger partial charge is 0.350 e. The minimum atomic E-state index is -0.0715. The van der Waals surface area contributed by atoms with Crippen molar-refractivity contribution in [1.29, 1.82) is 0 Å². The Bertz CT molecular complexity index is 658. The number of carbonyl (C=O) groups excluding carboxylic acids is 1. The van der Waals surface area contributed by atoms with Crippen LogP contribution in [0.15, 0.2) is 54.5 Å². The molecule has 1 aliphatic carbocycles. The normalized spacial score (nSPS) is 14.5. The molecule has 22 heavy (non-hydrogen) atoms. The quantitative estimate of drug-likeness (QED) is 0.858. The van der Waals surface area contributed by atoms with E-state index in [1.54, 1.807) is 12.5 Å². The third-order valence-corrected chi connectivity index (χ3v) is 4.02. The van der Waals surface area contributed by atoms with E-state index in [2.05, 4.69) is 16.4 Å². The highest BCUT2D eigenvalue weighted by Gasteiger charge is 2.12. The average molecular weight is 295 g/mol. The van der Waals surface area contributed by atoms with Gasteiger partial charge in [-0.05, 0) is 44.2 Å². The van der Waals surface area contributed by atoms with E-state index in [9.17, 15) is 4.79 Å². The Hall–Kier alpha value is -2.36. The topological polar surface area (TPSA) is 46.9 Å². The molecule has 1 aromatic carbocycles. The van der Waals surface area contributed by atoms with Crippen LogP contribution >= 0.6 is 0 Å². The van der Waals surface area contributed by atoms with Gasteiger partial charge in [-0.3, -0.25) is 9.36 Å². The van der Waals surface area contributed by atoms with Crippen LogP contribution in [0.1, 0.15) is 42.6 Å². The van der Waals surface area contributed by atoms with Crippen molar-refractivity contribution in [3.8, 4) is 5.69 Å². The van der Waals surface area contributed by atoms with Crippen LogP contribution in [0.4, 0.5) is 0 Å². The van der Waals surface area contributed by atoms with Gasteiger partial charge in [0.1, 0.15) is 5.69 Å². The molecule has 4 heteroatoms. The Balaban J connectivity index is 1.61. The first-order valence-electron chi connectivity index (χ1n) is 7.88. The number of imidazole rings is 1. The average Bonchev–Trinajstić information content (AvgIpc) is 3.06. The second-order valence-electron chi connectivity index (χ2n) is 5.60. The van der Waals surface area contributed by atoms with E-state index in [-0.39, 0.29) is 5.91 Å². The summed E-state index contributed by atoms with van der Waals surface area (Å²) >= 11 is 0. The molecule has 0 aliphatic heterocycles. The van der Waals surface area contributed by atoms with Gasteiger partial charge in [0, 0.05) is 12.2 Å². The molecule has 0 saturated carbocycles. The monoisotopic (exact) mass is 295 g/mol. The number of hydrogen-bond donors (Lipinski definition) is 1. The van der Waals surface area contributed by atoms with Gasteiger partial charge in [-0.2, -0.15) is 0 Å². The molecule has 0 fully saturated rings. The SMILES string of the molecule is O=C(NCCC1=CCCCC1)c1cncn1-c1ccccc1. The van der Waals surface area contributed by atoms with Gasteiger partial charge in [-0.15, -0.1) is 0 Å².